The number of benzene rings is 3. The molecule has 8 heteroatoms. The molecule has 0 fully saturated rings. The maximum Gasteiger partial charge on any atom is 0.336 e. The predicted octanol–water partition coefficient (Wildman–Crippen LogP) is 2.98. The molecule has 3 aromatic rings. The standard InChI is InChI=1S/C24H20FNO6/c25-17-9-10-18(19(13-17)23(29)30)15-7-4-8-16(12-15)22(28)26-20(21(27)24(31)32)11-14-5-2-1-3-6-14/h1-10,12-13,20-21,27H,11H2,(H,26,28)(H,29,30)(H,31,32)/t20-,21-/m1/s1. The number of halogens is 1. The minimum Gasteiger partial charge on any atom is -0.479 e. The van der Waals surface area contributed by atoms with Gasteiger partial charge in [-0.15, -0.1) is 0 Å². The summed E-state index contributed by atoms with van der Waals surface area (Å²) in [5.41, 5.74) is 1.18. The Balaban J connectivity index is 1.89. The van der Waals surface area contributed by atoms with Gasteiger partial charge in [-0.05, 0) is 47.4 Å². The van der Waals surface area contributed by atoms with Crippen molar-refractivity contribution >= 4 is 17.8 Å². The number of hydrogen-bond donors (Lipinski definition) is 4. The first-order chi connectivity index (χ1) is 15.3. The van der Waals surface area contributed by atoms with Crippen molar-refractivity contribution in [2.75, 3.05) is 0 Å². The average Bonchev–Trinajstić information content (AvgIpc) is 2.78. The van der Waals surface area contributed by atoms with Crippen LogP contribution in [0, 0.1) is 5.82 Å². The molecule has 2 atom stereocenters. The molecule has 3 aromatic carbocycles. The molecule has 0 radical (unpaired) electrons. The van der Waals surface area contributed by atoms with E-state index in [2.05, 4.69) is 5.32 Å². The summed E-state index contributed by atoms with van der Waals surface area (Å²) >= 11 is 0. The van der Waals surface area contributed by atoms with E-state index >= 15 is 0 Å². The van der Waals surface area contributed by atoms with Crippen LogP contribution in [-0.2, 0) is 11.2 Å². The van der Waals surface area contributed by atoms with Crippen molar-refractivity contribution < 1.29 is 34.1 Å². The van der Waals surface area contributed by atoms with Gasteiger partial charge in [-0.3, -0.25) is 4.79 Å². The molecule has 7 nitrogen and oxygen atoms in total. The minimum absolute atomic E-state index is 0.0842. The van der Waals surface area contributed by atoms with Gasteiger partial charge in [-0.25, -0.2) is 14.0 Å². The quantitative estimate of drug-likeness (QED) is 0.430. The second kappa shape index (κ2) is 9.84. The Morgan fingerprint density at radius 3 is 2.28 bits per heavy atom. The van der Waals surface area contributed by atoms with Crippen LogP contribution in [-0.4, -0.2) is 45.3 Å². The number of rotatable bonds is 8. The van der Waals surface area contributed by atoms with Crippen LogP contribution in [0.4, 0.5) is 4.39 Å². The third-order valence-electron chi connectivity index (χ3n) is 4.90. The van der Waals surface area contributed by atoms with Crippen LogP contribution in [0.1, 0.15) is 26.3 Å². The van der Waals surface area contributed by atoms with Gasteiger partial charge in [0.05, 0.1) is 11.6 Å². The van der Waals surface area contributed by atoms with E-state index in [0.29, 0.717) is 5.56 Å². The molecule has 0 saturated heterocycles. The van der Waals surface area contributed by atoms with Crippen molar-refractivity contribution in [1.82, 2.24) is 5.32 Å². The Morgan fingerprint density at radius 2 is 1.62 bits per heavy atom. The molecule has 1 amide bonds. The van der Waals surface area contributed by atoms with E-state index < -0.39 is 35.8 Å². The monoisotopic (exact) mass is 437 g/mol. The highest BCUT2D eigenvalue weighted by atomic mass is 19.1. The van der Waals surface area contributed by atoms with E-state index in [1.54, 1.807) is 36.4 Å². The van der Waals surface area contributed by atoms with Gasteiger partial charge >= 0.3 is 11.9 Å². The molecule has 164 valence electrons. The number of aliphatic carboxylic acids is 1. The molecule has 0 aliphatic heterocycles. The minimum atomic E-state index is -1.84. The molecule has 0 aromatic heterocycles. The first-order valence-electron chi connectivity index (χ1n) is 9.65. The van der Waals surface area contributed by atoms with Crippen LogP contribution in [0.5, 0.6) is 0 Å². The summed E-state index contributed by atoms with van der Waals surface area (Å²) < 4.78 is 13.5. The van der Waals surface area contributed by atoms with Gasteiger partial charge < -0.3 is 20.6 Å². The first-order valence-corrected chi connectivity index (χ1v) is 9.65. The maximum absolute atomic E-state index is 13.5. The summed E-state index contributed by atoms with van der Waals surface area (Å²) in [4.78, 5) is 35.7. The lowest BCUT2D eigenvalue weighted by Crippen LogP contribution is -2.48. The third kappa shape index (κ3) is 5.35. The number of carbonyl (C=O) groups excluding carboxylic acids is 1. The molecule has 0 spiro atoms. The molecule has 0 aliphatic carbocycles. The van der Waals surface area contributed by atoms with Gasteiger partial charge in [0.15, 0.2) is 6.10 Å². The lowest BCUT2D eigenvalue weighted by Gasteiger charge is -2.22. The second-order valence-corrected chi connectivity index (χ2v) is 7.13. The van der Waals surface area contributed by atoms with Gasteiger partial charge in [0.25, 0.3) is 5.91 Å². The molecule has 4 N–H and O–H groups in total. The lowest BCUT2D eigenvalue weighted by atomic mass is 9.97. The number of aliphatic hydroxyl groups excluding tert-OH is 1. The average molecular weight is 437 g/mol. The van der Waals surface area contributed by atoms with Crippen molar-refractivity contribution in [1.29, 1.82) is 0 Å². The highest BCUT2D eigenvalue weighted by Crippen LogP contribution is 2.26. The summed E-state index contributed by atoms with van der Waals surface area (Å²) in [6, 6.07) is 17.0. The maximum atomic E-state index is 13.5. The summed E-state index contributed by atoms with van der Waals surface area (Å²) in [6.45, 7) is 0. The zero-order valence-corrected chi connectivity index (χ0v) is 16.7. The van der Waals surface area contributed by atoms with Gasteiger partial charge in [0.1, 0.15) is 5.82 Å². The molecule has 0 unspecified atom stereocenters. The van der Waals surface area contributed by atoms with E-state index in [9.17, 15) is 34.1 Å². The summed E-state index contributed by atoms with van der Waals surface area (Å²) in [7, 11) is 0. The van der Waals surface area contributed by atoms with Gasteiger partial charge in [0.2, 0.25) is 0 Å². The van der Waals surface area contributed by atoms with Gasteiger partial charge in [-0.1, -0.05) is 48.5 Å². The SMILES string of the molecule is O=C(N[C@H](Cc1ccccc1)[C@@H](O)C(=O)O)c1cccc(-c2ccc(F)cc2C(=O)O)c1. The molecule has 0 aliphatic rings. The molecule has 0 saturated carbocycles. The molecule has 3 rings (SSSR count). The molecule has 32 heavy (non-hydrogen) atoms. The number of carboxylic acids is 2. The Kier molecular flexibility index (Phi) is 6.97. The number of carboxylic acid groups (broad SMARTS) is 2. The Bertz CT molecular complexity index is 1150. The van der Waals surface area contributed by atoms with Gasteiger partial charge in [-0.2, -0.15) is 0 Å². The number of nitrogens with one attached hydrogen (secondary N) is 1. The fourth-order valence-electron chi connectivity index (χ4n) is 3.31. The van der Waals surface area contributed by atoms with Crippen LogP contribution in [0.2, 0.25) is 0 Å². The van der Waals surface area contributed by atoms with Crippen LogP contribution in [0.15, 0.2) is 72.8 Å². The zero-order chi connectivity index (χ0) is 23.3. The van der Waals surface area contributed by atoms with E-state index in [-0.39, 0.29) is 23.1 Å². The smallest absolute Gasteiger partial charge is 0.336 e. The van der Waals surface area contributed by atoms with Crippen molar-refractivity contribution in [3.05, 3.63) is 95.3 Å². The number of aromatic carboxylic acids is 1. The Labute approximate surface area is 182 Å². The Morgan fingerprint density at radius 1 is 0.906 bits per heavy atom. The largest absolute Gasteiger partial charge is 0.479 e. The normalized spacial score (nSPS) is 12.6. The van der Waals surface area contributed by atoms with E-state index in [0.717, 1.165) is 17.7 Å². The first kappa shape index (κ1) is 22.6. The highest BCUT2D eigenvalue weighted by Gasteiger charge is 2.28. The fraction of sp³-hybridized carbons (Fsp3) is 0.125. The number of hydrogen-bond acceptors (Lipinski definition) is 4. The highest BCUT2D eigenvalue weighted by molar-refractivity contribution is 5.99. The number of amides is 1. The molecule has 0 heterocycles. The fourth-order valence-corrected chi connectivity index (χ4v) is 3.31. The summed E-state index contributed by atoms with van der Waals surface area (Å²) in [5.74, 6) is -4.14. The molecular weight excluding hydrogens is 417 g/mol. The van der Waals surface area contributed by atoms with Crippen LogP contribution in [0.3, 0.4) is 0 Å². The predicted molar refractivity (Wildman–Crippen MR) is 114 cm³/mol. The lowest BCUT2D eigenvalue weighted by molar-refractivity contribution is -0.148. The van der Waals surface area contributed by atoms with Crippen molar-refractivity contribution in [2.24, 2.45) is 0 Å². The van der Waals surface area contributed by atoms with Crippen LogP contribution in [0.25, 0.3) is 11.1 Å². The number of aliphatic hydroxyl groups is 1. The zero-order valence-electron chi connectivity index (χ0n) is 16.7. The van der Waals surface area contributed by atoms with E-state index in [4.69, 9.17) is 0 Å². The van der Waals surface area contributed by atoms with E-state index in [1.807, 2.05) is 0 Å². The number of carbonyl (C=O) groups is 3. The van der Waals surface area contributed by atoms with E-state index in [1.165, 1.54) is 24.3 Å². The Hall–Kier alpha value is -4.04. The van der Waals surface area contributed by atoms with Crippen molar-refractivity contribution in [3.8, 4) is 11.1 Å². The van der Waals surface area contributed by atoms with Crippen molar-refractivity contribution in [2.45, 2.75) is 18.6 Å². The topological polar surface area (TPSA) is 124 Å². The van der Waals surface area contributed by atoms with Crippen molar-refractivity contribution in [3.63, 3.8) is 0 Å². The molecule has 0 bridgehead atoms. The third-order valence-corrected chi connectivity index (χ3v) is 4.90. The van der Waals surface area contributed by atoms with Crippen LogP contribution >= 0.6 is 0 Å². The van der Waals surface area contributed by atoms with Gasteiger partial charge in [0, 0.05) is 5.56 Å². The van der Waals surface area contributed by atoms with Crippen LogP contribution < -0.4 is 5.32 Å². The second-order valence-electron chi connectivity index (χ2n) is 7.13. The summed E-state index contributed by atoms with van der Waals surface area (Å²) in [5, 5.41) is 31.2. The summed E-state index contributed by atoms with van der Waals surface area (Å²) in [6.07, 6.45) is -1.75. The molecular formula is C24H20FNO6.